The number of fused-ring (bicyclic) bond motifs is 1. The van der Waals surface area contributed by atoms with Crippen LogP contribution in [0.5, 0.6) is 0 Å². The summed E-state index contributed by atoms with van der Waals surface area (Å²) in [5.41, 5.74) is 9.18. The molecule has 3 rings (SSSR count). The molecule has 1 amide bonds. The molecule has 1 atom stereocenters. The van der Waals surface area contributed by atoms with E-state index < -0.39 is 11.7 Å². The number of hydrogen-bond donors (Lipinski definition) is 2. The van der Waals surface area contributed by atoms with Crippen molar-refractivity contribution in [1.29, 1.82) is 0 Å². The molecule has 0 spiro atoms. The molecule has 0 aliphatic heterocycles. The fraction of sp³-hybridized carbons (Fsp3) is 0.250. The first kappa shape index (κ1) is 17.9. The van der Waals surface area contributed by atoms with Gasteiger partial charge in [0.05, 0.1) is 11.1 Å². The second-order valence-electron chi connectivity index (χ2n) is 6.52. The average Bonchev–Trinajstić information content (AvgIpc) is 2.65. The monoisotopic (exact) mass is 352 g/mol. The number of nitrogens with two attached hydrogens (primary N) is 1. The molecule has 6 heteroatoms. The van der Waals surface area contributed by atoms with Crippen LogP contribution in [0.3, 0.4) is 0 Å². The molecule has 0 saturated heterocycles. The summed E-state index contributed by atoms with van der Waals surface area (Å²) in [6.45, 7) is 4.49. The number of aromatic nitrogens is 2. The number of carbonyl (C=O) groups is 1. The standard InChI is InChI=1S/C20H21FN4O/c1-12(2)13-3-5-14(6-4-13)17(22)11-25-20(26)16-9-15(21)10-18-19(16)24-8-7-23-18/h3-10,12,17H,11,22H2,1-2H3,(H,25,26). The van der Waals surface area contributed by atoms with E-state index in [4.69, 9.17) is 5.73 Å². The molecular formula is C20H21FN4O. The lowest BCUT2D eigenvalue weighted by atomic mass is 9.99. The van der Waals surface area contributed by atoms with Gasteiger partial charge in [-0.25, -0.2) is 4.39 Å². The Kier molecular flexibility index (Phi) is 5.23. The summed E-state index contributed by atoms with van der Waals surface area (Å²) in [5, 5.41) is 2.76. The van der Waals surface area contributed by atoms with Gasteiger partial charge < -0.3 is 11.1 Å². The topological polar surface area (TPSA) is 80.9 Å². The average molecular weight is 352 g/mol. The maximum absolute atomic E-state index is 13.8. The van der Waals surface area contributed by atoms with Crippen LogP contribution in [0.2, 0.25) is 0 Å². The number of rotatable bonds is 5. The van der Waals surface area contributed by atoms with E-state index in [1.807, 2.05) is 24.3 Å². The summed E-state index contributed by atoms with van der Waals surface area (Å²) in [6.07, 6.45) is 2.93. The van der Waals surface area contributed by atoms with Crippen molar-refractivity contribution < 1.29 is 9.18 Å². The molecule has 1 unspecified atom stereocenters. The smallest absolute Gasteiger partial charge is 0.253 e. The summed E-state index contributed by atoms with van der Waals surface area (Å²) < 4.78 is 13.8. The zero-order chi connectivity index (χ0) is 18.7. The summed E-state index contributed by atoms with van der Waals surface area (Å²) >= 11 is 0. The molecule has 0 fully saturated rings. The maximum atomic E-state index is 13.8. The highest BCUT2D eigenvalue weighted by atomic mass is 19.1. The summed E-state index contributed by atoms with van der Waals surface area (Å²) in [7, 11) is 0. The van der Waals surface area contributed by atoms with Gasteiger partial charge in [-0.15, -0.1) is 0 Å². The Hall–Kier alpha value is -2.86. The van der Waals surface area contributed by atoms with Crippen molar-refractivity contribution in [1.82, 2.24) is 15.3 Å². The van der Waals surface area contributed by atoms with Crippen LogP contribution in [0.15, 0.2) is 48.8 Å². The van der Waals surface area contributed by atoms with Crippen molar-refractivity contribution in [2.45, 2.75) is 25.8 Å². The highest BCUT2D eigenvalue weighted by Gasteiger charge is 2.15. The zero-order valence-corrected chi connectivity index (χ0v) is 14.7. The fourth-order valence-corrected chi connectivity index (χ4v) is 2.76. The SMILES string of the molecule is CC(C)c1ccc(C(N)CNC(=O)c2cc(F)cc3nccnc23)cc1. The molecule has 0 saturated carbocycles. The van der Waals surface area contributed by atoms with E-state index in [1.165, 1.54) is 24.0 Å². The Morgan fingerprint density at radius 3 is 2.46 bits per heavy atom. The first-order valence-electron chi connectivity index (χ1n) is 8.49. The predicted molar refractivity (Wildman–Crippen MR) is 99.3 cm³/mol. The predicted octanol–water partition coefficient (Wildman–Crippen LogP) is 3.32. The van der Waals surface area contributed by atoms with Gasteiger partial charge in [-0.3, -0.25) is 14.8 Å². The number of halogens is 1. The molecule has 0 aliphatic carbocycles. The van der Waals surface area contributed by atoms with Crippen LogP contribution in [0.4, 0.5) is 4.39 Å². The van der Waals surface area contributed by atoms with Crippen molar-refractivity contribution in [2.75, 3.05) is 6.54 Å². The minimum Gasteiger partial charge on any atom is -0.350 e. The second kappa shape index (κ2) is 7.58. The van der Waals surface area contributed by atoms with E-state index in [9.17, 15) is 9.18 Å². The van der Waals surface area contributed by atoms with E-state index in [0.29, 0.717) is 17.0 Å². The zero-order valence-electron chi connectivity index (χ0n) is 14.7. The molecule has 26 heavy (non-hydrogen) atoms. The third-order valence-electron chi connectivity index (χ3n) is 4.30. The van der Waals surface area contributed by atoms with Crippen LogP contribution >= 0.6 is 0 Å². The highest BCUT2D eigenvalue weighted by molar-refractivity contribution is 6.04. The number of hydrogen-bond acceptors (Lipinski definition) is 4. The third kappa shape index (κ3) is 3.86. The van der Waals surface area contributed by atoms with Crippen LogP contribution in [-0.4, -0.2) is 22.4 Å². The van der Waals surface area contributed by atoms with Gasteiger partial charge in [0.2, 0.25) is 0 Å². The maximum Gasteiger partial charge on any atom is 0.253 e. The lowest BCUT2D eigenvalue weighted by molar-refractivity contribution is 0.0952. The van der Waals surface area contributed by atoms with E-state index in [2.05, 4.69) is 29.1 Å². The molecule has 3 N–H and O–H groups in total. The van der Waals surface area contributed by atoms with Crippen molar-refractivity contribution in [3.8, 4) is 0 Å². The lowest BCUT2D eigenvalue weighted by Crippen LogP contribution is -2.32. The third-order valence-corrected chi connectivity index (χ3v) is 4.30. The number of amides is 1. The van der Waals surface area contributed by atoms with E-state index in [-0.39, 0.29) is 18.2 Å². The fourth-order valence-electron chi connectivity index (χ4n) is 2.76. The van der Waals surface area contributed by atoms with E-state index >= 15 is 0 Å². The van der Waals surface area contributed by atoms with Crippen molar-refractivity contribution >= 4 is 16.9 Å². The number of nitrogens with one attached hydrogen (secondary N) is 1. The van der Waals surface area contributed by atoms with Crippen molar-refractivity contribution in [3.63, 3.8) is 0 Å². The Morgan fingerprint density at radius 1 is 1.12 bits per heavy atom. The lowest BCUT2D eigenvalue weighted by Gasteiger charge is -2.15. The van der Waals surface area contributed by atoms with Crippen molar-refractivity contribution in [3.05, 3.63) is 71.3 Å². The van der Waals surface area contributed by atoms with Gasteiger partial charge in [0, 0.05) is 31.0 Å². The highest BCUT2D eigenvalue weighted by Crippen LogP contribution is 2.19. The molecule has 0 bridgehead atoms. The Bertz CT molecular complexity index is 925. The molecule has 134 valence electrons. The molecule has 3 aromatic rings. The van der Waals surface area contributed by atoms with Gasteiger partial charge in [0.1, 0.15) is 11.3 Å². The number of nitrogens with zero attached hydrogens (tertiary/aromatic N) is 2. The van der Waals surface area contributed by atoms with Crippen LogP contribution in [0, 0.1) is 5.82 Å². The largest absolute Gasteiger partial charge is 0.350 e. The van der Waals surface area contributed by atoms with Gasteiger partial charge in [-0.2, -0.15) is 0 Å². The van der Waals surface area contributed by atoms with Gasteiger partial charge in [-0.1, -0.05) is 38.1 Å². The second-order valence-corrected chi connectivity index (χ2v) is 6.52. The Balaban J connectivity index is 1.72. The summed E-state index contributed by atoms with van der Waals surface area (Å²) in [5.74, 6) is -0.511. The van der Waals surface area contributed by atoms with Crippen LogP contribution in [0.25, 0.3) is 11.0 Å². The van der Waals surface area contributed by atoms with Crippen LogP contribution < -0.4 is 11.1 Å². The molecule has 1 aromatic heterocycles. The minimum atomic E-state index is -0.531. The van der Waals surface area contributed by atoms with Gasteiger partial charge in [-0.05, 0) is 23.1 Å². The first-order chi connectivity index (χ1) is 12.5. The molecule has 2 aromatic carbocycles. The number of carbonyl (C=O) groups excluding carboxylic acids is 1. The quantitative estimate of drug-likeness (QED) is 0.738. The number of benzene rings is 2. The molecule has 0 radical (unpaired) electrons. The van der Waals surface area contributed by atoms with E-state index in [1.54, 1.807) is 0 Å². The van der Waals surface area contributed by atoms with Crippen LogP contribution in [-0.2, 0) is 0 Å². The Labute approximate surface area is 151 Å². The molecular weight excluding hydrogens is 331 g/mol. The molecule has 5 nitrogen and oxygen atoms in total. The molecule has 1 heterocycles. The summed E-state index contributed by atoms with van der Waals surface area (Å²) in [6, 6.07) is 10.1. The van der Waals surface area contributed by atoms with Crippen molar-refractivity contribution in [2.24, 2.45) is 5.73 Å². The summed E-state index contributed by atoms with van der Waals surface area (Å²) in [4.78, 5) is 20.7. The Morgan fingerprint density at radius 2 is 1.77 bits per heavy atom. The normalized spacial score (nSPS) is 12.3. The van der Waals surface area contributed by atoms with Gasteiger partial charge in [0.25, 0.3) is 5.91 Å². The minimum absolute atomic E-state index is 0.149. The van der Waals surface area contributed by atoms with Crippen LogP contribution in [0.1, 0.15) is 47.3 Å². The van der Waals surface area contributed by atoms with Gasteiger partial charge in [0.15, 0.2) is 0 Å². The van der Waals surface area contributed by atoms with Gasteiger partial charge >= 0.3 is 0 Å². The first-order valence-corrected chi connectivity index (χ1v) is 8.49. The molecule has 0 aliphatic rings. The van der Waals surface area contributed by atoms with E-state index in [0.717, 1.165) is 11.6 Å².